The molecule has 0 rings (SSSR count). The van der Waals surface area contributed by atoms with Crippen LogP contribution in [-0.4, -0.2) is 5.88 Å². The molecule has 0 heterocycles. The maximum absolute atomic E-state index is 5.63. The van der Waals surface area contributed by atoms with E-state index in [9.17, 15) is 0 Å². The molecule has 0 spiro atoms. The number of hydrogen-bond donors (Lipinski definition) is 0. The van der Waals surface area contributed by atoms with Crippen LogP contribution in [0, 0.1) is 11.8 Å². The molecule has 0 aromatic rings. The van der Waals surface area contributed by atoms with Gasteiger partial charge in [-0.1, -0.05) is 51.9 Å². The predicted octanol–water partition coefficient (Wildman–Crippen LogP) is 5.93. The summed E-state index contributed by atoms with van der Waals surface area (Å²) in [6.45, 7) is 2.25. The lowest BCUT2D eigenvalue weighted by Gasteiger charge is -1.97. The zero-order valence-corrected chi connectivity index (χ0v) is 12.3. The lowest BCUT2D eigenvalue weighted by molar-refractivity contribution is 0.615. The molecule has 100 valence electrons. The summed E-state index contributed by atoms with van der Waals surface area (Å²) in [5.41, 5.74) is 0. The van der Waals surface area contributed by atoms with E-state index >= 15 is 0 Å². The Labute approximate surface area is 114 Å². The van der Waals surface area contributed by atoms with Gasteiger partial charge in [0.05, 0.1) is 0 Å². The Kier molecular flexibility index (Phi) is 15.7. The molecule has 0 atom stereocenters. The molecule has 0 saturated carbocycles. The van der Waals surface area contributed by atoms with Crippen molar-refractivity contribution in [2.75, 3.05) is 5.88 Å². The molecular formula is C16H29Cl. The summed E-state index contributed by atoms with van der Waals surface area (Å²) >= 11 is 5.63. The molecule has 0 nitrogen and oxygen atoms in total. The second kappa shape index (κ2) is 15.9. The Morgan fingerprint density at radius 2 is 1.12 bits per heavy atom. The van der Waals surface area contributed by atoms with Gasteiger partial charge in [-0.25, -0.2) is 0 Å². The van der Waals surface area contributed by atoms with E-state index in [1.165, 1.54) is 64.2 Å². The van der Waals surface area contributed by atoms with Crippen LogP contribution in [0.25, 0.3) is 0 Å². The van der Waals surface area contributed by atoms with Crippen LogP contribution in [0.2, 0.25) is 0 Å². The molecule has 0 aliphatic carbocycles. The smallest absolute Gasteiger partial charge is 0.0223 e. The third-order valence-electron chi connectivity index (χ3n) is 2.97. The molecule has 17 heavy (non-hydrogen) atoms. The molecule has 0 saturated heterocycles. The van der Waals surface area contributed by atoms with Crippen molar-refractivity contribution in [2.24, 2.45) is 0 Å². The zero-order valence-electron chi connectivity index (χ0n) is 11.6. The highest BCUT2D eigenvalue weighted by Crippen LogP contribution is 2.07. The summed E-state index contributed by atoms with van der Waals surface area (Å²) < 4.78 is 0. The van der Waals surface area contributed by atoms with E-state index in [1.807, 2.05) is 0 Å². The van der Waals surface area contributed by atoms with Crippen LogP contribution >= 0.6 is 11.6 Å². The summed E-state index contributed by atoms with van der Waals surface area (Å²) in [6.07, 6.45) is 15.3. The SMILES string of the molecule is CCCCCCC#CCCCCCCCCCl. The van der Waals surface area contributed by atoms with Crippen LogP contribution in [0.5, 0.6) is 0 Å². The second-order valence-corrected chi connectivity index (χ2v) is 5.10. The van der Waals surface area contributed by atoms with Crippen molar-refractivity contribution in [3.63, 3.8) is 0 Å². The van der Waals surface area contributed by atoms with Crippen molar-refractivity contribution >= 4 is 11.6 Å². The van der Waals surface area contributed by atoms with Gasteiger partial charge in [-0.2, -0.15) is 0 Å². The minimum Gasteiger partial charge on any atom is -0.127 e. The largest absolute Gasteiger partial charge is 0.127 e. The molecular weight excluding hydrogens is 228 g/mol. The van der Waals surface area contributed by atoms with Crippen molar-refractivity contribution in [1.82, 2.24) is 0 Å². The van der Waals surface area contributed by atoms with Crippen LogP contribution in [-0.2, 0) is 0 Å². The molecule has 0 fully saturated rings. The molecule has 0 aromatic heterocycles. The monoisotopic (exact) mass is 256 g/mol. The first-order valence-corrected chi connectivity index (χ1v) is 7.97. The van der Waals surface area contributed by atoms with E-state index in [1.54, 1.807) is 0 Å². The first kappa shape index (κ1) is 16.9. The fourth-order valence-electron chi connectivity index (χ4n) is 1.83. The van der Waals surface area contributed by atoms with Crippen LogP contribution in [0.15, 0.2) is 0 Å². The molecule has 0 N–H and O–H groups in total. The molecule has 0 bridgehead atoms. The standard InChI is InChI=1S/C16H29Cl/c1-2-3-4-5-6-7-8-9-10-11-12-13-14-15-16-17/h2-6,9-16H2,1H3. The van der Waals surface area contributed by atoms with E-state index in [0.717, 1.165) is 18.7 Å². The Morgan fingerprint density at radius 3 is 1.65 bits per heavy atom. The zero-order chi connectivity index (χ0) is 12.6. The Bertz CT molecular complexity index is 187. The van der Waals surface area contributed by atoms with Gasteiger partial charge in [0.2, 0.25) is 0 Å². The Balaban J connectivity index is 3.04. The van der Waals surface area contributed by atoms with E-state index in [-0.39, 0.29) is 0 Å². The predicted molar refractivity (Wildman–Crippen MR) is 79.6 cm³/mol. The van der Waals surface area contributed by atoms with Crippen LogP contribution < -0.4 is 0 Å². The number of unbranched alkanes of at least 4 members (excludes halogenated alkanes) is 10. The third-order valence-corrected chi connectivity index (χ3v) is 3.23. The summed E-state index contributed by atoms with van der Waals surface area (Å²) in [5.74, 6) is 7.40. The molecule has 0 amide bonds. The van der Waals surface area contributed by atoms with Gasteiger partial charge in [-0.05, 0) is 19.3 Å². The maximum Gasteiger partial charge on any atom is 0.0223 e. The number of alkyl halides is 1. The molecule has 0 aliphatic rings. The van der Waals surface area contributed by atoms with Gasteiger partial charge in [0.15, 0.2) is 0 Å². The second-order valence-electron chi connectivity index (χ2n) is 4.72. The molecule has 1 heteroatoms. The van der Waals surface area contributed by atoms with Crippen molar-refractivity contribution in [2.45, 2.75) is 84.0 Å². The third kappa shape index (κ3) is 15.9. The van der Waals surface area contributed by atoms with E-state index in [0.29, 0.717) is 0 Å². The lowest BCUT2D eigenvalue weighted by Crippen LogP contribution is -1.80. The van der Waals surface area contributed by atoms with Crippen molar-refractivity contribution in [3.05, 3.63) is 0 Å². The normalized spacial score (nSPS) is 10.0. The number of rotatable bonds is 11. The van der Waals surface area contributed by atoms with Gasteiger partial charge in [0.25, 0.3) is 0 Å². The summed E-state index contributed by atoms with van der Waals surface area (Å²) in [4.78, 5) is 0. The van der Waals surface area contributed by atoms with Gasteiger partial charge in [0.1, 0.15) is 0 Å². The van der Waals surface area contributed by atoms with Crippen molar-refractivity contribution in [1.29, 1.82) is 0 Å². The summed E-state index contributed by atoms with van der Waals surface area (Å²) in [7, 11) is 0. The van der Waals surface area contributed by atoms with Crippen LogP contribution in [0.1, 0.15) is 84.0 Å². The first-order valence-electron chi connectivity index (χ1n) is 7.43. The maximum atomic E-state index is 5.63. The topological polar surface area (TPSA) is 0 Å². The fraction of sp³-hybridized carbons (Fsp3) is 0.875. The van der Waals surface area contributed by atoms with Crippen LogP contribution in [0.3, 0.4) is 0 Å². The minimum absolute atomic E-state index is 0.823. The van der Waals surface area contributed by atoms with Gasteiger partial charge in [-0.3, -0.25) is 0 Å². The van der Waals surface area contributed by atoms with E-state index in [2.05, 4.69) is 18.8 Å². The fourth-order valence-corrected chi connectivity index (χ4v) is 2.02. The van der Waals surface area contributed by atoms with E-state index < -0.39 is 0 Å². The van der Waals surface area contributed by atoms with E-state index in [4.69, 9.17) is 11.6 Å². The highest BCUT2D eigenvalue weighted by Gasteiger charge is 1.89. The summed E-state index contributed by atoms with van der Waals surface area (Å²) in [6, 6.07) is 0. The Morgan fingerprint density at radius 1 is 0.647 bits per heavy atom. The van der Waals surface area contributed by atoms with Gasteiger partial charge in [-0.15, -0.1) is 23.4 Å². The highest BCUT2D eigenvalue weighted by molar-refractivity contribution is 6.17. The Hall–Kier alpha value is -0.150. The molecule has 0 unspecified atom stereocenters. The minimum atomic E-state index is 0.823. The van der Waals surface area contributed by atoms with Crippen molar-refractivity contribution in [3.8, 4) is 11.8 Å². The summed E-state index contributed by atoms with van der Waals surface area (Å²) in [5, 5.41) is 0. The average Bonchev–Trinajstić information content (AvgIpc) is 2.35. The van der Waals surface area contributed by atoms with Crippen molar-refractivity contribution < 1.29 is 0 Å². The average molecular weight is 257 g/mol. The quantitative estimate of drug-likeness (QED) is 0.244. The molecule has 0 radical (unpaired) electrons. The highest BCUT2D eigenvalue weighted by atomic mass is 35.5. The first-order chi connectivity index (χ1) is 8.41. The molecule has 0 aliphatic heterocycles. The number of halogens is 1. The van der Waals surface area contributed by atoms with Crippen LogP contribution in [0.4, 0.5) is 0 Å². The van der Waals surface area contributed by atoms with Gasteiger partial charge < -0.3 is 0 Å². The lowest BCUT2D eigenvalue weighted by atomic mass is 10.1. The molecule has 0 aromatic carbocycles. The number of hydrogen-bond acceptors (Lipinski definition) is 0. The van der Waals surface area contributed by atoms with Gasteiger partial charge in [0, 0.05) is 18.7 Å². The van der Waals surface area contributed by atoms with Gasteiger partial charge >= 0.3 is 0 Å².